The number of nitrogens with one attached hydrogen (secondary N) is 2. The Morgan fingerprint density at radius 1 is 1.27 bits per heavy atom. The van der Waals surface area contributed by atoms with Gasteiger partial charge >= 0.3 is 0 Å². The lowest BCUT2D eigenvalue weighted by Crippen LogP contribution is -2.32. The second-order valence-electron chi connectivity index (χ2n) is 5.98. The zero-order valence-electron chi connectivity index (χ0n) is 13.6. The van der Waals surface area contributed by atoms with Crippen LogP contribution in [-0.2, 0) is 11.2 Å². The molecule has 0 spiro atoms. The number of pyridine rings is 1. The summed E-state index contributed by atoms with van der Waals surface area (Å²) in [5, 5.41) is 7.24. The van der Waals surface area contributed by atoms with Gasteiger partial charge in [-0.15, -0.1) is 0 Å². The summed E-state index contributed by atoms with van der Waals surface area (Å²) in [6.07, 6.45) is 2.00. The van der Waals surface area contributed by atoms with Crippen LogP contribution < -0.4 is 10.6 Å². The van der Waals surface area contributed by atoms with Crippen LogP contribution in [-0.4, -0.2) is 24.0 Å². The van der Waals surface area contributed by atoms with Crippen LogP contribution in [0.15, 0.2) is 30.3 Å². The Morgan fingerprint density at radius 3 is 2.77 bits per heavy atom. The minimum atomic E-state index is 0.0200. The second kappa shape index (κ2) is 7.78. The number of nitrogens with zero attached hydrogens (tertiary/aromatic N) is 1. The Bertz CT molecular complexity index is 637. The fraction of sp³-hybridized carbons (Fsp3) is 0.444. The van der Waals surface area contributed by atoms with Gasteiger partial charge in [-0.2, -0.15) is 0 Å². The first-order valence-electron chi connectivity index (χ1n) is 7.99. The van der Waals surface area contributed by atoms with Gasteiger partial charge in [0.1, 0.15) is 0 Å². The maximum absolute atomic E-state index is 11.9. The topological polar surface area (TPSA) is 54.0 Å². The molecule has 22 heavy (non-hydrogen) atoms. The van der Waals surface area contributed by atoms with Crippen molar-refractivity contribution < 1.29 is 4.79 Å². The van der Waals surface area contributed by atoms with Crippen LogP contribution in [0.5, 0.6) is 0 Å². The van der Waals surface area contributed by atoms with Crippen molar-refractivity contribution in [3.05, 3.63) is 36.0 Å². The Hall–Kier alpha value is -2.10. The quantitative estimate of drug-likeness (QED) is 0.824. The van der Waals surface area contributed by atoms with Crippen molar-refractivity contribution in [3.8, 4) is 0 Å². The maximum atomic E-state index is 11.9. The molecule has 0 atom stereocenters. The van der Waals surface area contributed by atoms with Crippen LogP contribution in [0.4, 0.5) is 5.69 Å². The molecule has 1 amide bonds. The van der Waals surface area contributed by atoms with Gasteiger partial charge in [-0.3, -0.25) is 9.78 Å². The van der Waals surface area contributed by atoms with Crippen molar-refractivity contribution in [3.63, 3.8) is 0 Å². The molecule has 0 fully saturated rings. The largest absolute Gasteiger partial charge is 0.376 e. The van der Waals surface area contributed by atoms with E-state index in [9.17, 15) is 4.79 Å². The van der Waals surface area contributed by atoms with Crippen molar-refractivity contribution in [2.24, 2.45) is 5.92 Å². The average Bonchev–Trinajstić information content (AvgIpc) is 2.51. The van der Waals surface area contributed by atoms with E-state index in [4.69, 9.17) is 0 Å². The van der Waals surface area contributed by atoms with Crippen molar-refractivity contribution in [2.45, 2.75) is 33.6 Å². The summed E-state index contributed by atoms with van der Waals surface area (Å²) in [6, 6.07) is 10.1. The van der Waals surface area contributed by atoms with Gasteiger partial charge in [-0.25, -0.2) is 0 Å². The number of amides is 1. The van der Waals surface area contributed by atoms with E-state index in [-0.39, 0.29) is 12.5 Å². The molecule has 0 bridgehead atoms. The number of rotatable bonds is 7. The highest BCUT2D eigenvalue weighted by molar-refractivity contribution is 5.93. The Kier molecular flexibility index (Phi) is 5.75. The first-order valence-corrected chi connectivity index (χ1v) is 7.99. The third-order valence-corrected chi connectivity index (χ3v) is 3.42. The number of hydrogen-bond acceptors (Lipinski definition) is 3. The van der Waals surface area contributed by atoms with E-state index in [0.717, 1.165) is 35.1 Å². The van der Waals surface area contributed by atoms with Gasteiger partial charge in [0.15, 0.2) is 0 Å². The smallest absolute Gasteiger partial charge is 0.239 e. The minimum absolute atomic E-state index is 0.0200. The molecule has 0 radical (unpaired) electrons. The van der Waals surface area contributed by atoms with E-state index in [1.54, 1.807) is 0 Å². The summed E-state index contributed by atoms with van der Waals surface area (Å²) < 4.78 is 0. The fourth-order valence-electron chi connectivity index (χ4n) is 2.32. The number of para-hydroxylation sites is 1. The van der Waals surface area contributed by atoms with Crippen molar-refractivity contribution >= 4 is 22.5 Å². The molecule has 0 aliphatic carbocycles. The number of benzene rings is 1. The molecule has 0 unspecified atom stereocenters. The first kappa shape index (κ1) is 16.3. The summed E-state index contributed by atoms with van der Waals surface area (Å²) in [5.74, 6) is 0.480. The van der Waals surface area contributed by atoms with E-state index in [1.165, 1.54) is 0 Å². The Labute approximate surface area is 132 Å². The molecular formula is C18H25N3O. The van der Waals surface area contributed by atoms with Gasteiger partial charge in [-0.05, 0) is 24.5 Å². The summed E-state index contributed by atoms with van der Waals surface area (Å²) >= 11 is 0. The zero-order chi connectivity index (χ0) is 15.9. The van der Waals surface area contributed by atoms with Crippen LogP contribution in [0.1, 0.15) is 32.9 Å². The van der Waals surface area contributed by atoms with E-state index >= 15 is 0 Å². The van der Waals surface area contributed by atoms with Crippen molar-refractivity contribution in [1.29, 1.82) is 0 Å². The SMILES string of the molecule is CCCc1cc(NCC(=O)NCC(C)C)c2ccccc2n1. The molecule has 0 aliphatic rings. The lowest BCUT2D eigenvalue weighted by atomic mass is 10.1. The lowest BCUT2D eigenvalue weighted by Gasteiger charge is -2.12. The Balaban J connectivity index is 2.13. The van der Waals surface area contributed by atoms with Gasteiger partial charge in [0, 0.05) is 23.3 Å². The third kappa shape index (κ3) is 4.45. The number of aromatic nitrogens is 1. The van der Waals surface area contributed by atoms with Crippen LogP contribution in [0.2, 0.25) is 0 Å². The molecule has 4 heteroatoms. The molecule has 2 rings (SSSR count). The van der Waals surface area contributed by atoms with Crippen LogP contribution in [0.25, 0.3) is 10.9 Å². The highest BCUT2D eigenvalue weighted by Crippen LogP contribution is 2.23. The van der Waals surface area contributed by atoms with Gasteiger partial charge in [0.2, 0.25) is 5.91 Å². The molecule has 118 valence electrons. The maximum Gasteiger partial charge on any atom is 0.239 e. The summed E-state index contributed by atoms with van der Waals surface area (Å²) in [5.41, 5.74) is 3.01. The summed E-state index contributed by atoms with van der Waals surface area (Å²) in [6.45, 7) is 7.30. The number of anilines is 1. The van der Waals surface area contributed by atoms with Gasteiger partial charge in [0.05, 0.1) is 12.1 Å². The molecule has 2 aromatic rings. The summed E-state index contributed by atoms with van der Waals surface area (Å²) in [4.78, 5) is 16.5. The van der Waals surface area contributed by atoms with Crippen molar-refractivity contribution in [2.75, 3.05) is 18.4 Å². The van der Waals surface area contributed by atoms with Crippen LogP contribution >= 0.6 is 0 Å². The minimum Gasteiger partial charge on any atom is -0.376 e. The number of carbonyl (C=O) groups is 1. The molecule has 4 nitrogen and oxygen atoms in total. The third-order valence-electron chi connectivity index (χ3n) is 3.42. The molecule has 0 aliphatic heterocycles. The number of carbonyl (C=O) groups excluding carboxylic acids is 1. The molecule has 1 aromatic carbocycles. The fourth-order valence-corrected chi connectivity index (χ4v) is 2.32. The summed E-state index contributed by atoms with van der Waals surface area (Å²) in [7, 11) is 0. The highest BCUT2D eigenvalue weighted by Gasteiger charge is 2.07. The number of fused-ring (bicyclic) bond motifs is 1. The standard InChI is InChI=1S/C18H25N3O/c1-4-7-14-10-17(15-8-5-6-9-16(15)21-14)19-12-18(22)20-11-13(2)3/h5-6,8-10,13H,4,7,11-12H2,1-3H3,(H,19,21)(H,20,22). The van der Waals surface area contributed by atoms with Crippen LogP contribution in [0.3, 0.4) is 0 Å². The van der Waals surface area contributed by atoms with Gasteiger partial charge in [-0.1, -0.05) is 45.4 Å². The zero-order valence-corrected chi connectivity index (χ0v) is 13.6. The Morgan fingerprint density at radius 2 is 2.05 bits per heavy atom. The first-order chi connectivity index (χ1) is 10.6. The van der Waals surface area contributed by atoms with Crippen molar-refractivity contribution in [1.82, 2.24) is 10.3 Å². The molecule has 1 heterocycles. The van der Waals surface area contributed by atoms with E-state index in [2.05, 4.69) is 42.5 Å². The second-order valence-corrected chi connectivity index (χ2v) is 5.98. The predicted molar refractivity (Wildman–Crippen MR) is 92.1 cm³/mol. The van der Waals surface area contributed by atoms with Gasteiger partial charge in [0.25, 0.3) is 0 Å². The van der Waals surface area contributed by atoms with E-state index < -0.39 is 0 Å². The lowest BCUT2D eigenvalue weighted by molar-refractivity contribution is -0.119. The molecular weight excluding hydrogens is 274 g/mol. The molecule has 0 saturated carbocycles. The predicted octanol–water partition coefficient (Wildman–Crippen LogP) is 3.37. The molecule has 2 N–H and O–H groups in total. The number of hydrogen-bond donors (Lipinski definition) is 2. The normalized spacial score (nSPS) is 10.9. The van der Waals surface area contributed by atoms with E-state index in [0.29, 0.717) is 12.5 Å². The molecule has 0 saturated heterocycles. The van der Waals surface area contributed by atoms with Crippen LogP contribution in [0, 0.1) is 5.92 Å². The van der Waals surface area contributed by atoms with Gasteiger partial charge < -0.3 is 10.6 Å². The highest BCUT2D eigenvalue weighted by atomic mass is 16.1. The van der Waals surface area contributed by atoms with E-state index in [1.807, 2.05) is 24.3 Å². The average molecular weight is 299 g/mol. The monoisotopic (exact) mass is 299 g/mol. The number of aryl methyl sites for hydroxylation is 1. The molecule has 1 aromatic heterocycles.